The van der Waals surface area contributed by atoms with Crippen molar-refractivity contribution in [1.29, 1.82) is 0 Å². The Balaban J connectivity index is 2.84. The van der Waals surface area contributed by atoms with Gasteiger partial charge in [-0.25, -0.2) is 8.42 Å². The predicted molar refractivity (Wildman–Crippen MR) is 70.0 cm³/mol. The molecule has 0 N–H and O–H groups in total. The molecule has 0 spiro atoms. The molecule has 0 saturated heterocycles. The highest BCUT2D eigenvalue weighted by Crippen LogP contribution is 2.40. The lowest BCUT2D eigenvalue weighted by Crippen LogP contribution is -2.14. The summed E-state index contributed by atoms with van der Waals surface area (Å²) in [4.78, 5) is -0.702. The first-order valence-corrected chi connectivity index (χ1v) is 7.56. The molecule has 2 nitrogen and oxygen atoms in total. The smallest absolute Gasteiger partial charge is 0.224 e. The minimum Gasteiger partial charge on any atom is -0.224 e. The minimum absolute atomic E-state index is 0.138. The molecular weight excluding hydrogens is 289 g/mol. The zero-order valence-corrected chi connectivity index (χ0v) is 11.3. The molecule has 0 saturated carbocycles. The lowest BCUT2D eigenvalue weighted by molar-refractivity contribution is -0.139. The molecule has 0 aromatic heterocycles. The number of benzene rings is 2. The van der Waals surface area contributed by atoms with Gasteiger partial charge >= 0.3 is 6.18 Å². The molecule has 0 bridgehead atoms. The zero-order chi connectivity index (χ0) is 15.0. The van der Waals surface area contributed by atoms with Crippen molar-refractivity contribution in [1.82, 2.24) is 0 Å². The van der Waals surface area contributed by atoms with Crippen molar-refractivity contribution < 1.29 is 21.6 Å². The quantitative estimate of drug-likeness (QED) is 0.846. The molecule has 6 heteroatoms. The molecule has 0 amide bonds. The highest BCUT2D eigenvalue weighted by molar-refractivity contribution is 7.90. The standard InChI is InChI=1S/C14H11F3O2S/c1-20(18,19)12-9-5-8-11(13(12)14(15,16)17)10-6-3-2-4-7-10/h2-9H,1H3. The topological polar surface area (TPSA) is 34.1 Å². The van der Waals surface area contributed by atoms with Crippen molar-refractivity contribution >= 4 is 9.84 Å². The minimum atomic E-state index is -4.75. The molecule has 0 aliphatic carbocycles. The van der Waals surface area contributed by atoms with E-state index in [1.54, 1.807) is 18.2 Å². The first-order chi connectivity index (χ1) is 9.21. The molecule has 0 radical (unpaired) electrons. The van der Waals surface area contributed by atoms with E-state index in [4.69, 9.17) is 0 Å². The van der Waals surface area contributed by atoms with Crippen LogP contribution in [0.25, 0.3) is 11.1 Å². The van der Waals surface area contributed by atoms with E-state index >= 15 is 0 Å². The third kappa shape index (κ3) is 2.85. The van der Waals surface area contributed by atoms with Crippen LogP contribution < -0.4 is 0 Å². The number of hydrogen-bond acceptors (Lipinski definition) is 2. The Kier molecular flexibility index (Phi) is 3.60. The van der Waals surface area contributed by atoms with Crippen LogP contribution >= 0.6 is 0 Å². The van der Waals surface area contributed by atoms with E-state index in [1.807, 2.05) is 0 Å². The van der Waals surface area contributed by atoms with Crippen LogP contribution in [0.15, 0.2) is 53.4 Å². The van der Waals surface area contributed by atoms with Crippen LogP contribution in [0, 0.1) is 0 Å². The van der Waals surface area contributed by atoms with Gasteiger partial charge in [-0.05, 0) is 17.2 Å². The number of rotatable bonds is 2. The van der Waals surface area contributed by atoms with Crippen molar-refractivity contribution in [3.8, 4) is 11.1 Å². The highest BCUT2D eigenvalue weighted by atomic mass is 32.2. The molecule has 2 aromatic rings. The van der Waals surface area contributed by atoms with Gasteiger partial charge in [-0.15, -0.1) is 0 Å². The van der Waals surface area contributed by atoms with Gasteiger partial charge in [-0.2, -0.15) is 13.2 Å². The summed E-state index contributed by atoms with van der Waals surface area (Å²) in [5.41, 5.74) is -0.931. The third-order valence-corrected chi connectivity index (χ3v) is 3.93. The largest absolute Gasteiger partial charge is 0.418 e. The fraction of sp³-hybridized carbons (Fsp3) is 0.143. The second-order valence-corrected chi connectivity index (χ2v) is 6.30. The van der Waals surface area contributed by atoms with Gasteiger partial charge in [-0.1, -0.05) is 42.5 Å². The second-order valence-electron chi connectivity index (χ2n) is 4.31. The normalized spacial score (nSPS) is 12.4. The van der Waals surface area contributed by atoms with Crippen LogP contribution in [0.3, 0.4) is 0 Å². The second kappa shape index (κ2) is 4.94. The van der Waals surface area contributed by atoms with E-state index in [0.29, 0.717) is 5.56 Å². The average Bonchev–Trinajstić information content (AvgIpc) is 2.37. The fourth-order valence-corrected chi connectivity index (χ4v) is 2.91. The van der Waals surface area contributed by atoms with Gasteiger partial charge in [0.15, 0.2) is 9.84 Å². The maximum Gasteiger partial charge on any atom is 0.418 e. The van der Waals surface area contributed by atoms with E-state index in [2.05, 4.69) is 0 Å². The van der Waals surface area contributed by atoms with Crippen LogP contribution in [0.4, 0.5) is 13.2 Å². The van der Waals surface area contributed by atoms with Crippen LogP contribution in [0.5, 0.6) is 0 Å². The maximum absolute atomic E-state index is 13.3. The lowest BCUT2D eigenvalue weighted by Gasteiger charge is -2.16. The third-order valence-electron chi connectivity index (χ3n) is 2.79. The Morgan fingerprint density at radius 2 is 1.50 bits per heavy atom. The van der Waals surface area contributed by atoms with Crippen LogP contribution in [-0.2, 0) is 16.0 Å². The average molecular weight is 300 g/mol. The highest BCUT2D eigenvalue weighted by Gasteiger charge is 2.38. The monoisotopic (exact) mass is 300 g/mol. The van der Waals surface area contributed by atoms with Crippen LogP contribution in [0.1, 0.15) is 5.56 Å². The first-order valence-electron chi connectivity index (χ1n) is 5.67. The summed E-state index contributed by atoms with van der Waals surface area (Å²) >= 11 is 0. The van der Waals surface area contributed by atoms with Gasteiger partial charge in [0.1, 0.15) is 0 Å². The van der Waals surface area contributed by atoms with E-state index in [1.165, 1.54) is 24.3 Å². The lowest BCUT2D eigenvalue weighted by atomic mass is 9.99. The summed E-state index contributed by atoms with van der Waals surface area (Å²) in [7, 11) is -3.97. The number of sulfone groups is 1. The first kappa shape index (κ1) is 14.6. The maximum atomic E-state index is 13.3. The molecule has 106 valence electrons. The summed E-state index contributed by atoms with van der Waals surface area (Å²) < 4.78 is 62.9. The van der Waals surface area contributed by atoms with Crippen LogP contribution in [-0.4, -0.2) is 14.7 Å². The summed E-state index contributed by atoms with van der Waals surface area (Å²) in [5.74, 6) is 0. The van der Waals surface area contributed by atoms with Crippen LogP contribution in [0.2, 0.25) is 0 Å². The van der Waals surface area contributed by atoms with E-state index in [-0.39, 0.29) is 5.56 Å². The van der Waals surface area contributed by atoms with Crippen molar-refractivity contribution in [2.24, 2.45) is 0 Å². The van der Waals surface area contributed by atoms with Crippen molar-refractivity contribution in [2.75, 3.05) is 6.26 Å². The summed E-state index contributed by atoms with van der Waals surface area (Å²) in [6, 6.07) is 11.5. The molecule has 0 unspecified atom stereocenters. The summed E-state index contributed by atoms with van der Waals surface area (Å²) in [6.07, 6.45) is -3.98. The molecule has 2 aromatic carbocycles. The molecule has 0 aliphatic rings. The summed E-state index contributed by atoms with van der Waals surface area (Å²) in [6.45, 7) is 0. The molecule has 0 fully saturated rings. The molecule has 20 heavy (non-hydrogen) atoms. The molecule has 2 rings (SSSR count). The molecule has 0 heterocycles. The predicted octanol–water partition coefficient (Wildman–Crippen LogP) is 3.78. The molecule has 0 atom stereocenters. The van der Waals surface area contributed by atoms with Gasteiger partial charge < -0.3 is 0 Å². The van der Waals surface area contributed by atoms with Crippen molar-refractivity contribution in [2.45, 2.75) is 11.1 Å². The van der Waals surface area contributed by atoms with Crippen molar-refractivity contribution in [3.63, 3.8) is 0 Å². The zero-order valence-electron chi connectivity index (χ0n) is 10.5. The summed E-state index contributed by atoms with van der Waals surface area (Å²) in [5, 5.41) is 0. The molecular formula is C14H11F3O2S. The van der Waals surface area contributed by atoms with E-state index in [0.717, 1.165) is 12.3 Å². The Morgan fingerprint density at radius 3 is 2.00 bits per heavy atom. The number of halogens is 3. The molecule has 0 aliphatic heterocycles. The Labute approximate surface area is 114 Å². The fourth-order valence-electron chi connectivity index (χ4n) is 1.99. The SMILES string of the molecule is CS(=O)(=O)c1cccc(-c2ccccc2)c1C(F)(F)F. The van der Waals surface area contributed by atoms with Gasteiger partial charge in [0.05, 0.1) is 10.5 Å². The van der Waals surface area contributed by atoms with Gasteiger partial charge in [0.25, 0.3) is 0 Å². The van der Waals surface area contributed by atoms with Gasteiger partial charge in [0, 0.05) is 6.26 Å². The van der Waals surface area contributed by atoms with Gasteiger partial charge in [0.2, 0.25) is 0 Å². The Morgan fingerprint density at radius 1 is 0.900 bits per heavy atom. The van der Waals surface area contributed by atoms with E-state index in [9.17, 15) is 21.6 Å². The number of hydrogen-bond donors (Lipinski definition) is 0. The van der Waals surface area contributed by atoms with Crippen molar-refractivity contribution in [3.05, 3.63) is 54.1 Å². The van der Waals surface area contributed by atoms with Gasteiger partial charge in [-0.3, -0.25) is 0 Å². The Bertz CT molecular complexity index is 720. The van der Waals surface area contributed by atoms with E-state index < -0.39 is 26.5 Å². The number of alkyl halides is 3. The Hall–Kier alpha value is -1.82.